The van der Waals surface area contributed by atoms with Crippen molar-refractivity contribution in [2.75, 3.05) is 10.6 Å². The first kappa shape index (κ1) is 17.9. The minimum Gasteiger partial charge on any atom is -0.339 e. The van der Waals surface area contributed by atoms with Crippen LogP contribution in [0.4, 0.5) is 17.2 Å². The maximum absolute atomic E-state index is 12.3. The first-order chi connectivity index (χ1) is 14.2. The molecule has 0 radical (unpaired) electrons. The van der Waals surface area contributed by atoms with E-state index < -0.39 is 0 Å². The van der Waals surface area contributed by atoms with Gasteiger partial charge in [0.1, 0.15) is 0 Å². The SMILES string of the molecule is N#Cc1ccc(C(=O)Nc2ccc(Nc3ccc(-n4cccn4)nn3)cc2)cc1. The lowest BCUT2D eigenvalue weighted by atomic mass is 10.1. The van der Waals surface area contributed by atoms with Crippen molar-refractivity contribution in [3.63, 3.8) is 0 Å². The molecule has 0 unspecified atom stereocenters. The summed E-state index contributed by atoms with van der Waals surface area (Å²) in [4.78, 5) is 12.3. The minimum absolute atomic E-state index is 0.240. The molecular weight excluding hydrogens is 366 g/mol. The predicted octanol–water partition coefficient (Wildman–Crippen LogP) is 3.53. The second-order valence-corrected chi connectivity index (χ2v) is 6.07. The lowest BCUT2D eigenvalue weighted by Gasteiger charge is -2.08. The van der Waals surface area contributed by atoms with E-state index in [4.69, 9.17) is 5.26 Å². The molecule has 4 aromatic rings. The van der Waals surface area contributed by atoms with Crippen LogP contribution in [0.2, 0.25) is 0 Å². The van der Waals surface area contributed by atoms with Crippen LogP contribution in [0.1, 0.15) is 15.9 Å². The van der Waals surface area contributed by atoms with Gasteiger partial charge in [-0.15, -0.1) is 10.2 Å². The third-order valence-electron chi connectivity index (χ3n) is 4.08. The van der Waals surface area contributed by atoms with E-state index in [1.165, 1.54) is 0 Å². The van der Waals surface area contributed by atoms with Crippen LogP contribution >= 0.6 is 0 Å². The number of carbonyl (C=O) groups is 1. The zero-order valence-electron chi connectivity index (χ0n) is 15.1. The summed E-state index contributed by atoms with van der Waals surface area (Å²) in [6, 6.07) is 21.2. The van der Waals surface area contributed by atoms with Crippen LogP contribution in [0.15, 0.2) is 79.1 Å². The molecule has 0 spiro atoms. The van der Waals surface area contributed by atoms with Crippen LogP contribution in [0.25, 0.3) is 5.82 Å². The van der Waals surface area contributed by atoms with E-state index in [9.17, 15) is 4.79 Å². The summed E-state index contributed by atoms with van der Waals surface area (Å²) >= 11 is 0. The van der Waals surface area contributed by atoms with E-state index >= 15 is 0 Å². The van der Waals surface area contributed by atoms with E-state index in [2.05, 4.69) is 25.9 Å². The van der Waals surface area contributed by atoms with Gasteiger partial charge in [-0.05, 0) is 66.7 Å². The highest BCUT2D eigenvalue weighted by atomic mass is 16.1. The largest absolute Gasteiger partial charge is 0.339 e. The summed E-state index contributed by atoms with van der Waals surface area (Å²) in [5.41, 5.74) is 2.46. The number of carbonyl (C=O) groups excluding carboxylic acids is 1. The van der Waals surface area contributed by atoms with Gasteiger partial charge < -0.3 is 10.6 Å². The molecule has 0 aliphatic rings. The summed E-state index contributed by atoms with van der Waals surface area (Å²) in [5, 5.41) is 27.2. The van der Waals surface area contributed by atoms with Crippen LogP contribution < -0.4 is 10.6 Å². The minimum atomic E-state index is -0.240. The molecule has 29 heavy (non-hydrogen) atoms. The monoisotopic (exact) mass is 381 g/mol. The van der Waals surface area contributed by atoms with E-state index in [1.54, 1.807) is 53.5 Å². The smallest absolute Gasteiger partial charge is 0.255 e. The normalized spacial score (nSPS) is 10.2. The third kappa shape index (κ3) is 4.26. The van der Waals surface area contributed by atoms with Gasteiger partial charge in [-0.2, -0.15) is 10.4 Å². The first-order valence-electron chi connectivity index (χ1n) is 8.74. The van der Waals surface area contributed by atoms with Crippen LogP contribution in [-0.2, 0) is 0 Å². The molecule has 4 rings (SSSR count). The summed E-state index contributed by atoms with van der Waals surface area (Å²) in [6.07, 6.45) is 3.47. The molecule has 8 heteroatoms. The summed E-state index contributed by atoms with van der Waals surface area (Å²) < 4.78 is 1.63. The number of hydrogen-bond donors (Lipinski definition) is 2. The van der Waals surface area contributed by atoms with Gasteiger partial charge in [-0.3, -0.25) is 4.79 Å². The van der Waals surface area contributed by atoms with Crippen molar-refractivity contribution in [1.29, 1.82) is 5.26 Å². The molecular formula is C21H15N7O. The van der Waals surface area contributed by atoms with Crippen molar-refractivity contribution in [1.82, 2.24) is 20.0 Å². The third-order valence-corrected chi connectivity index (χ3v) is 4.08. The Bertz CT molecular complexity index is 1140. The maximum Gasteiger partial charge on any atom is 0.255 e. The fraction of sp³-hybridized carbons (Fsp3) is 0. The molecule has 0 aliphatic heterocycles. The molecule has 0 atom stereocenters. The average Bonchev–Trinajstić information content (AvgIpc) is 3.31. The van der Waals surface area contributed by atoms with Gasteiger partial charge in [0.15, 0.2) is 11.6 Å². The fourth-order valence-corrected chi connectivity index (χ4v) is 2.60. The maximum atomic E-state index is 12.3. The van der Waals surface area contributed by atoms with Crippen molar-refractivity contribution in [2.45, 2.75) is 0 Å². The van der Waals surface area contributed by atoms with Gasteiger partial charge in [0.25, 0.3) is 5.91 Å². The van der Waals surface area contributed by atoms with Crippen molar-refractivity contribution in [2.24, 2.45) is 0 Å². The molecule has 2 aromatic carbocycles. The highest BCUT2D eigenvalue weighted by Gasteiger charge is 2.06. The number of aromatic nitrogens is 4. The van der Waals surface area contributed by atoms with Gasteiger partial charge in [0.05, 0.1) is 11.6 Å². The van der Waals surface area contributed by atoms with E-state index in [1.807, 2.05) is 36.4 Å². The molecule has 2 aromatic heterocycles. The number of nitriles is 1. The van der Waals surface area contributed by atoms with E-state index in [0.717, 1.165) is 5.69 Å². The molecule has 0 saturated carbocycles. The van der Waals surface area contributed by atoms with Gasteiger partial charge in [0.2, 0.25) is 0 Å². The Kier molecular flexibility index (Phi) is 4.95. The number of nitrogens with zero attached hydrogens (tertiary/aromatic N) is 5. The van der Waals surface area contributed by atoms with Gasteiger partial charge in [-0.1, -0.05) is 0 Å². The highest BCUT2D eigenvalue weighted by molar-refractivity contribution is 6.04. The summed E-state index contributed by atoms with van der Waals surface area (Å²) in [5.74, 6) is 0.979. The average molecular weight is 381 g/mol. The number of benzene rings is 2. The lowest BCUT2D eigenvalue weighted by Crippen LogP contribution is -2.11. The van der Waals surface area contributed by atoms with Crippen LogP contribution in [-0.4, -0.2) is 25.9 Å². The Morgan fingerprint density at radius 2 is 1.69 bits per heavy atom. The predicted molar refractivity (Wildman–Crippen MR) is 108 cm³/mol. The Morgan fingerprint density at radius 3 is 2.31 bits per heavy atom. The molecule has 140 valence electrons. The fourth-order valence-electron chi connectivity index (χ4n) is 2.60. The van der Waals surface area contributed by atoms with Gasteiger partial charge in [-0.25, -0.2) is 4.68 Å². The first-order valence-corrected chi connectivity index (χ1v) is 8.74. The molecule has 0 bridgehead atoms. The quantitative estimate of drug-likeness (QED) is 0.547. The Morgan fingerprint density at radius 1 is 0.931 bits per heavy atom. The molecule has 8 nitrogen and oxygen atoms in total. The topological polar surface area (TPSA) is 109 Å². The molecule has 2 N–H and O–H groups in total. The van der Waals surface area contributed by atoms with Crippen molar-refractivity contribution >= 4 is 23.1 Å². The van der Waals surface area contributed by atoms with Crippen LogP contribution in [0, 0.1) is 11.3 Å². The molecule has 1 amide bonds. The molecule has 0 aliphatic carbocycles. The molecule has 0 fully saturated rings. The number of nitrogens with one attached hydrogen (secondary N) is 2. The Labute approximate surface area is 166 Å². The number of rotatable bonds is 5. The van der Waals surface area contributed by atoms with Crippen molar-refractivity contribution < 1.29 is 4.79 Å². The van der Waals surface area contributed by atoms with Crippen LogP contribution in [0.5, 0.6) is 0 Å². The number of amides is 1. The van der Waals surface area contributed by atoms with E-state index in [-0.39, 0.29) is 5.91 Å². The standard InChI is InChI=1S/C21H15N7O/c22-14-15-2-4-16(5-3-15)21(29)25-18-8-6-17(7-9-18)24-19-10-11-20(27-26-19)28-13-1-12-23-28/h1-13H,(H,24,26)(H,25,29). The zero-order valence-corrected chi connectivity index (χ0v) is 15.1. The zero-order chi connectivity index (χ0) is 20.1. The molecule has 0 saturated heterocycles. The highest BCUT2D eigenvalue weighted by Crippen LogP contribution is 2.18. The second-order valence-electron chi connectivity index (χ2n) is 6.07. The Hall–Kier alpha value is -4.51. The van der Waals surface area contributed by atoms with Gasteiger partial charge in [0, 0.05) is 29.3 Å². The van der Waals surface area contributed by atoms with Crippen molar-refractivity contribution in [3.05, 3.63) is 90.3 Å². The summed E-state index contributed by atoms with van der Waals surface area (Å²) in [7, 11) is 0. The summed E-state index contributed by atoms with van der Waals surface area (Å²) in [6.45, 7) is 0. The van der Waals surface area contributed by atoms with Crippen molar-refractivity contribution in [3.8, 4) is 11.9 Å². The lowest BCUT2D eigenvalue weighted by molar-refractivity contribution is 0.102. The van der Waals surface area contributed by atoms with Crippen LogP contribution in [0.3, 0.4) is 0 Å². The Balaban J connectivity index is 1.38. The number of hydrogen-bond acceptors (Lipinski definition) is 6. The number of anilines is 3. The van der Waals surface area contributed by atoms with E-state index in [0.29, 0.717) is 28.5 Å². The van der Waals surface area contributed by atoms with Gasteiger partial charge >= 0.3 is 0 Å². The second kappa shape index (κ2) is 8.02. The molecule has 2 heterocycles.